The standard InChI is InChI=1S/C17H20N2O3/c1-12-15(11-21-14-9-3-2-4-10-14)16(19-22-12)17(20)18-13-7-5-6-8-13/h2-4,9-10,13H,5-8,11H2,1H3,(H,18,20). The molecule has 22 heavy (non-hydrogen) atoms. The molecule has 5 heteroatoms. The average Bonchev–Trinajstić information content (AvgIpc) is 3.16. The van der Waals surface area contributed by atoms with Gasteiger partial charge in [0.05, 0.1) is 5.56 Å². The molecule has 0 bridgehead atoms. The summed E-state index contributed by atoms with van der Waals surface area (Å²) in [5, 5.41) is 6.93. The van der Waals surface area contributed by atoms with E-state index in [1.807, 2.05) is 30.3 Å². The monoisotopic (exact) mass is 300 g/mol. The Kier molecular flexibility index (Phi) is 4.42. The number of hydrogen-bond donors (Lipinski definition) is 1. The van der Waals surface area contributed by atoms with Crippen LogP contribution < -0.4 is 10.1 Å². The van der Waals surface area contributed by atoms with Crippen molar-refractivity contribution in [2.75, 3.05) is 0 Å². The molecule has 1 aliphatic rings. The lowest BCUT2D eigenvalue weighted by Gasteiger charge is -2.11. The topological polar surface area (TPSA) is 64.4 Å². The van der Waals surface area contributed by atoms with Crippen molar-refractivity contribution in [3.63, 3.8) is 0 Å². The Morgan fingerprint density at radius 2 is 2.05 bits per heavy atom. The summed E-state index contributed by atoms with van der Waals surface area (Å²) in [5.74, 6) is 1.20. The van der Waals surface area contributed by atoms with E-state index in [4.69, 9.17) is 9.26 Å². The molecule has 1 fully saturated rings. The quantitative estimate of drug-likeness (QED) is 0.920. The van der Waals surface area contributed by atoms with Gasteiger partial charge in [-0.25, -0.2) is 0 Å². The Bertz CT molecular complexity index is 631. The van der Waals surface area contributed by atoms with Gasteiger partial charge in [0.1, 0.15) is 18.1 Å². The molecule has 1 aromatic heterocycles. The molecule has 1 saturated carbocycles. The fourth-order valence-corrected chi connectivity index (χ4v) is 2.74. The highest BCUT2D eigenvalue weighted by Gasteiger charge is 2.24. The number of carbonyl (C=O) groups is 1. The van der Waals surface area contributed by atoms with Crippen LogP contribution in [-0.2, 0) is 6.61 Å². The van der Waals surface area contributed by atoms with Gasteiger partial charge < -0.3 is 14.6 Å². The Labute approximate surface area is 129 Å². The molecule has 0 radical (unpaired) electrons. The number of rotatable bonds is 5. The lowest BCUT2D eigenvalue weighted by Crippen LogP contribution is -2.33. The lowest BCUT2D eigenvalue weighted by atomic mass is 10.1. The van der Waals surface area contributed by atoms with E-state index >= 15 is 0 Å². The smallest absolute Gasteiger partial charge is 0.274 e. The Morgan fingerprint density at radius 1 is 1.32 bits per heavy atom. The van der Waals surface area contributed by atoms with Crippen LogP contribution in [0.1, 0.15) is 47.5 Å². The van der Waals surface area contributed by atoms with Crippen molar-refractivity contribution in [1.29, 1.82) is 0 Å². The summed E-state index contributed by atoms with van der Waals surface area (Å²) >= 11 is 0. The molecule has 0 atom stereocenters. The molecule has 1 aliphatic carbocycles. The summed E-state index contributed by atoms with van der Waals surface area (Å²) in [6.45, 7) is 2.07. The van der Waals surface area contributed by atoms with Gasteiger partial charge in [-0.2, -0.15) is 0 Å². The molecule has 0 unspecified atom stereocenters. The van der Waals surface area contributed by atoms with Crippen molar-refractivity contribution in [3.8, 4) is 5.75 Å². The molecule has 1 amide bonds. The van der Waals surface area contributed by atoms with Crippen molar-refractivity contribution in [2.45, 2.75) is 45.3 Å². The van der Waals surface area contributed by atoms with Crippen LogP contribution in [0, 0.1) is 6.92 Å². The van der Waals surface area contributed by atoms with Gasteiger partial charge in [-0.05, 0) is 31.9 Å². The van der Waals surface area contributed by atoms with Crippen molar-refractivity contribution in [2.24, 2.45) is 0 Å². The minimum absolute atomic E-state index is 0.171. The van der Waals surface area contributed by atoms with Gasteiger partial charge >= 0.3 is 0 Å². The van der Waals surface area contributed by atoms with E-state index in [-0.39, 0.29) is 18.6 Å². The van der Waals surface area contributed by atoms with Crippen LogP contribution in [0.5, 0.6) is 5.75 Å². The first-order valence-electron chi connectivity index (χ1n) is 7.68. The minimum atomic E-state index is -0.171. The molecule has 116 valence electrons. The second-order valence-corrected chi connectivity index (χ2v) is 5.62. The van der Waals surface area contributed by atoms with Crippen molar-refractivity contribution < 1.29 is 14.1 Å². The van der Waals surface area contributed by atoms with Crippen LogP contribution in [0.15, 0.2) is 34.9 Å². The SMILES string of the molecule is Cc1onc(C(=O)NC2CCCC2)c1COc1ccccc1. The van der Waals surface area contributed by atoms with Crippen molar-refractivity contribution >= 4 is 5.91 Å². The van der Waals surface area contributed by atoms with Crippen LogP contribution in [-0.4, -0.2) is 17.1 Å². The van der Waals surface area contributed by atoms with Gasteiger partial charge in [0.2, 0.25) is 0 Å². The van der Waals surface area contributed by atoms with Crippen molar-refractivity contribution in [1.82, 2.24) is 10.5 Å². The number of aryl methyl sites for hydroxylation is 1. The number of amides is 1. The zero-order chi connectivity index (χ0) is 15.4. The van der Waals surface area contributed by atoms with E-state index < -0.39 is 0 Å². The van der Waals surface area contributed by atoms with Gasteiger partial charge in [-0.3, -0.25) is 4.79 Å². The molecule has 1 N–H and O–H groups in total. The molecular formula is C17H20N2O3. The zero-order valence-electron chi connectivity index (χ0n) is 12.7. The summed E-state index contributed by atoms with van der Waals surface area (Å²) < 4.78 is 10.9. The first kappa shape index (κ1) is 14.6. The lowest BCUT2D eigenvalue weighted by molar-refractivity contribution is 0.0926. The summed E-state index contributed by atoms with van der Waals surface area (Å²) in [7, 11) is 0. The largest absolute Gasteiger partial charge is 0.489 e. The number of para-hydroxylation sites is 1. The molecular weight excluding hydrogens is 280 g/mol. The maximum Gasteiger partial charge on any atom is 0.274 e. The average molecular weight is 300 g/mol. The third kappa shape index (κ3) is 3.30. The molecule has 0 aliphatic heterocycles. The fraction of sp³-hybridized carbons (Fsp3) is 0.412. The van der Waals surface area contributed by atoms with Crippen molar-refractivity contribution in [3.05, 3.63) is 47.3 Å². The normalized spacial score (nSPS) is 15.0. The first-order chi connectivity index (χ1) is 10.7. The number of hydrogen-bond acceptors (Lipinski definition) is 4. The maximum atomic E-state index is 12.4. The Morgan fingerprint density at radius 3 is 2.77 bits per heavy atom. The van der Waals surface area contributed by atoms with Gasteiger partial charge in [0.15, 0.2) is 5.69 Å². The fourth-order valence-electron chi connectivity index (χ4n) is 2.74. The Balaban J connectivity index is 1.68. The van der Waals surface area contributed by atoms with Gasteiger partial charge in [0, 0.05) is 6.04 Å². The highest BCUT2D eigenvalue weighted by Crippen LogP contribution is 2.20. The number of benzene rings is 1. The maximum absolute atomic E-state index is 12.4. The third-order valence-electron chi connectivity index (χ3n) is 4.02. The molecule has 0 saturated heterocycles. The van der Waals surface area contributed by atoms with E-state index in [9.17, 15) is 4.79 Å². The number of ether oxygens (including phenoxy) is 1. The Hall–Kier alpha value is -2.30. The number of nitrogens with zero attached hydrogens (tertiary/aromatic N) is 1. The van der Waals surface area contributed by atoms with E-state index in [2.05, 4.69) is 10.5 Å². The highest BCUT2D eigenvalue weighted by molar-refractivity contribution is 5.94. The molecule has 2 aromatic rings. The summed E-state index contributed by atoms with van der Waals surface area (Å²) in [6, 6.07) is 9.75. The molecule has 3 rings (SSSR count). The molecule has 5 nitrogen and oxygen atoms in total. The van der Waals surface area contributed by atoms with Crippen LogP contribution in [0.2, 0.25) is 0 Å². The van der Waals surface area contributed by atoms with Gasteiger partial charge in [0.25, 0.3) is 5.91 Å². The summed E-state index contributed by atoms with van der Waals surface area (Å²) in [4.78, 5) is 12.4. The van der Waals surface area contributed by atoms with Crippen LogP contribution in [0.3, 0.4) is 0 Å². The van der Waals surface area contributed by atoms with Crippen LogP contribution in [0.25, 0.3) is 0 Å². The predicted octanol–water partition coefficient (Wildman–Crippen LogP) is 3.23. The molecule has 0 spiro atoms. The van der Waals surface area contributed by atoms with Gasteiger partial charge in [-0.15, -0.1) is 0 Å². The second-order valence-electron chi connectivity index (χ2n) is 5.62. The van der Waals surface area contributed by atoms with E-state index in [0.717, 1.165) is 18.6 Å². The number of nitrogens with one attached hydrogen (secondary N) is 1. The van der Waals surface area contributed by atoms with E-state index in [0.29, 0.717) is 17.0 Å². The number of aromatic nitrogens is 1. The first-order valence-corrected chi connectivity index (χ1v) is 7.68. The predicted molar refractivity (Wildman–Crippen MR) is 81.7 cm³/mol. The highest BCUT2D eigenvalue weighted by atomic mass is 16.5. The summed E-state index contributed by atoms with van der Waals surface area (Å²) in [6.07, 6.45) is 4.43. The zero-order valence-corrected chi connectivity index (χ0v) is 12.7. The van der Waals surface area contributed by atoms with Crippen LogP contribution in [0.4, 0.5) is 0 Å². The minimum Gasteiger partial charge on any atom is -0.489 e. The number of carbonyl (C=O) groups excluding carboxylic acids is 1. The molecule has 1 heterocycles. The molecule has 1 aromatic carbocycles. The van der Waals surface area contributed by atoms with E-state index in [1.165, 1.54) is 12.8 Å². The second kappa shape index (κ2) is 6.64. The van der Waals surface area contributed by atoms with Crippen LogP contribution >= 0.6 is 0 Å². The third-order valence-corrected chi connectivity index (χ3v) is 4.02. The van der Waals surface area contributed by atoms with E-state index in [1.54, 1.807) is 6.92 Å². The summed E-state index contributed by atoms with van der Waals surface area (Å²) in [5.41, 5.74) is 1.04. The van der Waals surface area contributed by atoms with Gasteiger partial charge in [-0.1, -0.05) is 36.2 Å².